The van der Waals surface area contributed by atoms with E-state index in [0.29, 0.717) is 19.4 Å². The zero-order chi connectivity index (χ0) is 11.5. The number of epoxide rings is 1. The molecule has 0 spiro atoms. The minimum atomic E-state index is -0.832. The summed E-state index contributed by atoms with van der Waals surface area (Å²) < 4.78 is 14.2. The Bertz CT molecular complexity index is 241. The molecular formula is C10H16O5. The predicted molar refractivity (Wildman–Crippen MR) is 51.1 cm³/mol. The van der Waals surface area contributed by atoms with Crippen molar-refractivity contribution in [2.45, 2.75) is 25.4 Å². The lowest BCUT2D eigenvalue weighted by atomic mass is 9.97. The van der Waals surface area contributed by atoms with Crippen molar-refractivity contribution in [2.24, 2.45) is 5.92 Å². The molecule has 0 aliphatic carbocycles. The van der Waals surface area contributed by atoms with Gasteiger partial charge in [-0.1, -0.05) is 0 Å². The van der Waals surface area contributed by atoms with Gasteiger partial charge in [0.05, 0.1) is 26.4 Å². The second-order valence-electron chi connectivity index (χ2n) is 3.88. The van der Waals surface area contributed by atoms with Crippen molar-refractivity contribution >= 4 is 11.9 Å². The molecule has 0 bridgehead atoms. The third-order valence-electron chi connectivity index (χ3n) is 2.57. The number of methoxy groups -OCH3 is 2. The zero-order valence-electron chi connectivity index (χ0n) is 9.24. The highest BCUT2D eigenvalue weighted by Gasteiger charge is 2.41. The molecule has 1 rings (SSSR count). The van der Waals surface area contributed by atoms with Crippen molar-refractivity contribution in [3.8, 4) is 0 Å². The molecule has 86 valence electrons. The summed E-state index contributed by atoms with van der Waals surface area (Å²) >= 11 is 0. The smallest absolute Gasteiger partial charge is 0.320 e. The van der Waals surface area contributed by atoms with E-state index < -0.39 is 17.9 Å². The molecule has 0 aromatic heterocycles. The summed E-state index contributed by atoms with van der Waals surface area (Å²) in [7, 11) is 2.52. The summed E-state index contributed by atoms with van der Waals surface area (Å²) in [5, 5.41) is 0. The maximum Gasteiger partial charge on any atom is 0.320 e. The van der Waals surface area contributed by atoms with Gasteiger partial charge in [-0.2, -0.15) is 0 Å². The molecule has 0 aromatic carbocycles. The van der Waals surface area contributed by atoms with Crippen LogP contribution in [0.15, 0.2) is 0 Å². The molecule has 5 heteroatoms. The number of carbonyl (C=O) groups is 2. The first-order valence-electron chi connectivity index (χ1n) is 4.82. The van der Waals surface area contributed by atoms with E-state index in [9.17, 15) is 9.59 Å². The summed E-state index contributed by atoms with van der Waals surface area (Å²) in [6, 6.07) is 0. The summed E-state index contributed by atoms with van der Waals surface area (Å²) in [6.07, 6.45) is 1.05. The van der Waals surface area contributed by atoms with Crippen LogP contribution in [0, 0.1) is 5.92 Å². The Kier molecular flexibility index (Phi) is 3.68. The number of hydrogen-bond acceptors (Lipinski definition) is 5. The molecule has 5 nitrogen and oxygen atoms in total. The van der Waals surface area contributed by atoms with Gasteiger partial charge in [0.1, 0.15) is 0 Å². The summed E-state index contributed by atoms with van der Waals surface area (Å²) in [6.45, 7) is 2.63. The number of rotatable bonds is 5. The lowest BCUT2D eigenvalue weighted by Crippen LogP contribution is -2.27. The molecule has 0 amide bonds. The van der Waals surface area contributed by atoms with Crippen LogP contribution in [0.4, 0.5) is 0 Å². The molecule has 1 aliphatic rings. The Hall–Kier alpha value is -1.10. The van der Waals surface area contributed by atoms with Crippen molar-refractivity contribution in [3.63, 3.8) is 0 Å². The molecular weight excluding hydrogens is 200 g/mol. The quantitative estimate of drug-likeness (QED) is 0.381. The molecule has 1 saturated heterocycles. The highest BCUT2D eigenvalue weighted by atomic mass is 16.6. The standard InChI is InChI=1S/C10H16O5/c1-10(6-15-10)5-4-7(8(11)13-2)9(12)14-3/h7H,4-6H2,1-3H3/t10-/m0/s1. The Morgan fingerprint density at radius 3 is 2.13 bits per heavy atom. The van der Waals surface area contributed by atoms with Crippen LogP contribution in [0.25, 0.3) is 0 Å². The first-order chi connectivity index (χ1) is 7.02. The third kappa shape index (κ3) is 3.20. The molecule has 0 radical (unpaired) electrons. The molecule has 1 aliphatic heterocycles. The van der Waals surface area contributed by atoms with Crippen molar-refractivity contribution in [2.75, 3.05) is 20.8 Å². The van der Waals surface area contributed by atoms with E-state index in [1.54, 1.807) is 0 Å². The van der Waals surface area contributed by atoms with Gasteiger partial charge in [-0.25, -0.2) is 0 Å². The highest BCUT2D eigenvalue weighted by Crippen LogP contribution is 2.32. The van der Waals surface area contributed by atoms with Crippen molar-refractivity contribution in [1.82, 2.24) is 0 Å². The maximum absolute atomic E-state index is 11.3. The predicted octanol–water partition coefficient (Wildman–Crippen LogP) is 0.518. The lowest BCUT2D eigenvalue weighted by molar-refractivity contribution is -0.159. The van der Waals surface area contributed by atoms with E-state index in [4.69, 9.17) is 4.74 Å². The highest BCUT2D eigenvalue weighted by molar-refractivity contribution is 5.94. The monoisotopic (exact) mass is 216 g/mol. The number of carbonyl (C=O) groups excluding carboxylic acids is 2. The number of ether oxygens (including phenoxy) is 3. The number of hydrogen-bond donors (Lipinski definition) is 0. The normalized spacial score (nSPS) is 23.7. The third-order valence-corrected chi connectivity index (χ3v) is 2.57. The molecule has 0 N–H and O–H groups in total. The SMILES string of the molecule is COC(=O)C(CC[C@@]1(C)CO1)C(=O)OC. The van der Waals surface area contributed by atoms with Crippen LogP contribution in [-0.4, -0.2) is 38.4 Å². The molecule has 1 heterocycles. The minimum absolute atomic E-state index is 0.166. The summed E-state index contributed by atoms with van der Waals surface area (Å²) in [5.74, 6) is -1.93. The number of esters is 2. The molecule has 0 saturated carbocycles. The average molecular weight is 216 g/mol. The fourth-order valence-electron chi connectivity index (χ4n) is 1.33. The van der Waals surface area contributed by atoms with Crippen LogP contribution in [0.2, 0.25) is 0 Å². The lowest BCUT2D eigenvalue weighted by Gasteiger charge is -2.13. The Balaban J connectivity index is 2.48. The molecule has 1 atom stereocenters. The van der Waals surface area contributed by atoms with Crippen LogP contribution in [0.5, 0.6) is 0 Å². The van der Waals surface area contributed by atoms with Gasteiger partial charge < -0.3 is 14.2 Å². The van der Waals surface area contributed by atoms with E-state index >= 15 is 0 Å². The van der Waals surface area contributed by atoms with E-state index in [-0.39, 0.29) is 5.60 Å². The van der Waals surface area contributed by atoms with E-state index in [1.807, 2.05) is 6.92 Å². The summed E-state index contributed by atoms with van der Waals surface area (Å²) in [4.78, 5) is 22.6. The Labute approximate surface area is 88.7 Å². The van der Waals surface area contributed by atoms with Gasteiger partial charge in [-0.3, -0.25) is 9.59 Å². The van der Waals surface area contributed by atoms with Gasteiger partial charge in [-0.15, -0.1) is 0 Å². The van der Waals surface area contributed by atoms with Crippen LogP contribution in [0.3, 0.4) is 0 Å². The van der Waals surface area contributed by atoms with Crippen LogP contribution < -0.4 is 0 Å². The second kappa shape index (κ2) is 4.61. The molecule has 1 fully saturated rings. The fraction of sp³-hybridized carbons (Fsp3) is 0.800. The first kappa shape index (κ1) is 12.0. The maximum atomic E-state index is 11.3. The topological polar surface area (TPSA) is 65.1 Å². The van der Waals surface area contributed by atoms with Gasteiger partial charge in [0.15, 0.2) is 5.92 Å². The van der Waals surface area contributed by atoms with Crippen molar-refractivity contribution in [3.05, 3.63) is 0 Å². The first-order valence-corrected chi connectivity index (χ1v) is 4.82. The van der Waals surface area contributed by atoms with Crippen LogP contribution in [0.1, 0.15) is 19.8 Å². The molecule has 0 aromatic rings. The van der Waals surface area contributed by atoms with Gasteiger partial charge in [0.25, 0.3) is 0 Å². The zero-order valence-corrected chi connectivity index (χ0v) is 9.24. The van der Waals surface area contributed by atoms with Crippen molar-refractivity contribution < 1.29 is 23.8 Å². The minimum Gasteiger partial charge on any atom is -0.468 e. The van der Waals surface area contributed by atoms with Gasteiger partial charge in [0.2, 0.25) is 0 Å². The van der Waals surface area contributed by atoms with Crippen molar-refractivity contribution in [1.29, 1.82) is 0 Å². The van der Waals surface area contributed by atoms with Gasteiger partial charge >= 0.3 is 11.9 Å². The van der Waals surface area contributed by atoms with Crippen LogP contribution in [-0.2, 0) is 23.8 Å². The summed E-state index contributed by atoms with van der Waals surface area (Å²) in [5.41, 5.74) is -0.166. The van der Waals surface area contributed by atoms with E-state index in [2.05, 4.69) is 9.47 Å². The Morgan fingerprint density at radius 2 is 1.80 bits per heavy atom. The second-order valence-corrected chi connectivity index (χ2v) is 3.88. The average Bonchev–Trinajstić information content (AvgIpc) is 2.96. The fourth-order valence-corrected chi connectivity index (χ4v) is 1.33. The van der Waals surface area contributed by atoms with Crippen LogP contribution >= 0.6 is 0 Å². The largest absolute Gasteiger partial charge is 0.468 e. The van der Waals surface area contributed by atoms with E-state index in [1.165, 1.54) is 14.2 Å². The van der Waals surface area contributed by atoms with Gasteiger partial charge in [-0.05, 0) is 19.8 Å². The van der Waals surface area contributed by atoms with Gasteiger partial charge in [0, 0.05) is 0 Å². The molecule has 15 heavy (non-hydrogen) atoms. The van der Waals surface area contributed by atoms with E-state index in [0.717, 1.165) is 0 Å². The molecule has 0 unspecified atom stereocenters. The Morgan fingerprint density at radius 1 is 1.33 bits per heavy atom.